The number of alkyl halides is 1. The molecule has 0 aliphatic heterocycles. The first-order valence-corrected chi connectivity index (χ1v) is 11.3. The lowest BCUT2D eigenvalue weighted by Gasteiger charge is -2.18. The Morgan fingerprint density at radius 2 is 1.08 bits per heavy atom. The molecule has 0 aliphatic carbocycles. The number of rotatable bonds is 6. The molecule has 0 aromatic heterocycles. The van der Waals surface area contributed by atoms with Crippen LogP contribution in [0.25, 0.3) is 0 Å². The Labute approximate surface area is 170 Å². The summed E-state index contributed by atoms with van der Waals surface area (Å²) in [4.78, 5) is 9.75. The zero-order chi connectivity index (χ0) is 18.6. The van der Waals surface area contributed by atoms with Crippen molar-refractivity contribution in [2.75, 3.05) is 4.43 Å². The minimum Gasteiger partial charge on any atom is -0.481 e. The van der Waals surface area contributed by atoms with E-state index in [-0.39, 0.29) is 0 Å². The van der Waals surface area contributed by atoms with E-state index in [1.165, 1.54) is 15.9 Å². The standard InChI is InChI=1S/C18H15P.C4H7IO2/c1-4-10-16(11-5-1)19(17-12-6-2-7-13-17)18-14-8-3-9-15-18;5-3-1-2-4(6)7/h1-15H;1-3H2,(H,6,7). The van der Waals surface area contributed by atoms with Crippen molar-refractivity contribution < 1.29 is 9.90 Å². The second-order valence-corrected chi connectivity index (χ2v) is 8.83. The van der Waals surface area contributed by atoms with E-state index in [0.29, 0.717) is 6.42 Å². The van der Waals surface area contributed by atoms with Gasteiger partial charge in [-0.25, -0.2) is 0 Å². The molecule has 2 nitrogen and oxygen atoms in total. The molecule has 1 N–H and O–H groups in total. The molecule has 0 saturated carbocycles. The van der Waals surface area contributed by atoms with Gasteiger partial charge in [-0.3, -0.25) is 4.79 Å². The number of hydrogen-bond donors (Lipinski definition) is 1. The van der Waals surface area contributed by atoms with Crippen molar-refractivity contribution >= 4 is 52.4 Å². The van der Waals surface area contributed by atoms with E-state index in [0.717, 1.165) is 10.8 Å². The largest absolute Gasteiger partial charge is 0.481 e. The third-order valence-electron chi connectivity index (χ3n) is 3.57. The molecule has 0 unspecified atom stereocenters. The van der Waals surface area contributed by atoms with Gasteiger partial charge in [0.25, 0.3) is 0 Å². The normalized spacial score (nSPS) is 10.1. The van der Waals surface area contributed by atoms with Crippen molar-refractivity contribution in [3.63, 3.8) is 0 Å². The predicted molar refractivity (Wildman–Crippen MR) is 121 cm³/mol. The van der Waals surface area contributed by atoms with Gasteiger partial charge < -0.3 is 5.11 Å². The predicted octanol–water partition coefficient (Wildman–Crippen LogP) is 4.73. The summed E-state index contributed by atoms with van der Waals surface area (Å²) in [5.41, 5.74) is 0. The Bertz CT molecular complexity index is 670. The molecule has 3 rings (SSSR count). The lowest BCUT2D eigenvalue weighted by molar-refractivity contribution is -0.137. The van der Waals surface area contributed by atoms with Crippen molar-refractivity contribution in [1.82, 2.24) is 0 Å². The summed E-state index contributed by atoms with van der Waals surface area (Å²) >= 11 is 2.16. The van der Waals surface area contributed by atoms with Gasteiger partial charge in [0, 0.05) is 10.8 Å². The Hall–Kier alpha value is -1.71. The molecule has 0 fully saturated rings. The zero-order valence-electron chi connectivity index (χ0n) is 14.5. The first kappa shape index (κ1) is 20.6. The van der Waals surface area contributed by atoms with Crippen LogP contribution in [-0.4, -0.2) is 15.5 Å². The van der Waals surface area contributed by atoms with Crippen molar-refractivity contribution in [3.05, 3.63) is 91.0 Å². The van der Waals surface area contributed by atoms with Gasteiger partial charge in [-0.1, -0.05) is 114 Å². The second kappa shape index (κ2) is 11.8. The van der Waals surface area contributed by atoms with Gasteiger partial charge in [-0.05, 0) is 30.3 Å². The summed E-state index contributed by atoms with van der Waals surface area (Å²) in [6.07, 6.45) is 1.10. The number of hydrogen-bond acceptors (Lipinski definition) is 1. The number of carbonyl (C=O) groups is 1. The summed E-state index contributed by atoms with van der Waals surface area (Å²) in [7, 11) is -0.446. The molecule has 4 heteroatoms. The molecular formula is C22H22IO2P. The highest BCUT2D eigenvalue weighted by Gasteiger charge is 2.14. The first-order chi connectivity index (χ1) is 12.7. The van der Waals surface area contributed by atoms with E-state index in [2.05, 4.69) is 114 Å². The fourth-order valence-electron chi connectivity index (χ4n) is 2.40. The average molecular weight is 476 g/mol. The van der Waals surface area contributed by atoms with E-state index in [1.54, 1.807) is 0 Å². The van der Waals surface area contributed by atoms with E-state index in [9.17, 15) is 4.79 Å². The molecule has 134 valence electrons. The topological polar surface area (TPSA) is 37.3 Å². The van der Waals surface area contributed by atoms with Crippen LogP contribution in [0.15, 0.2) is 91.0 Å². The van der Waals surface area contributed by atoms with Crippen LogP contribution in [0.3, 0.4) is 0 Å². The van der Waals surface area contributed by atoms with Crippen LogP contribution in [0.5, 0.6) is 0 Å². The van der Waals surface area contributed by atoms with Gasteiger partial charge >= 0.3 is 5.97 Å². The van der Waals surface area contributed by atoms with Crippen LogP contribution in [0.1, 0.15) is 12.8 Å². The lowest BCUT2D eigenvalue weighted by Crippen LogP contribution is -2.20. The van der Waals surface area contributed by atoms with Gasteiger partial charge in [0.1, 0.15) is 0 Å². The van der Waals surface area contributed by atoms with Gasteiger partial charge in [-0.15, -0.1) is 0 Å². The van der Waals surface area contributed by atoms with E-state index in [4.69, 9.17) is 5.11 Å². The van der Waals surface area contributed by atoms with Gasteiger partial charge in [0.05, 0.1) is 0 Å². The summed E-state index contributed by atoms with van der Waals surface area (Å²) in [5, 5.41) is 12.2. The van der Waals surface area contributed by atoms with Crippen LogP contribution < -0.4 is 15.9 Å². The lowest BCUT2D eigenvalue weighted by atomic mass is 10.3. The quantitative estimate of drug-likeness (QED) is 0.318. The third kappa shape index (κ3) is 6.89. The fraction of sp³-hybridized carbons (Fsp3) is 0.136. The molecule has 3 aromatic carbocycles. The number of carboxylic acid groups (broad SMARTS) is 1. The maximum atomic E-state index is 9.75. The minimum absolute atomic E-state index is 0.308. The van der Waals surface area contributed by atoms with Crippen LogP contribution >= 0.6 is 30.5 Å². The molecular weight excluding hydrogens is 454 g/mol. The summed E-state index contributed by atoms with van der Waals surface area (Å²) < 4.78 is 0.935. The number of carboxylic acids is 1. The number of aliphatic carboxylic acids is 1. The molecule has 0 radical (unpaired) electrons. The summed E-state index contributed by atoms with van der Waals surface area (Å²) in [6, 6.07) is 32.3. The van der Waals surface area contributed by atoms with E-state index in [1.807, 2.05) is 0 Å². The van der Waals surface area contributed by atoms with Gasteiger partial charge in [0.2, 0.25) is 0 Å². The maximum absolute atomic E-state index is 9.75. The first-order valence-electron chi connectivity index (χ1n) is 8.45. The monoisotopic (exact) mass is 476 g/mol. The molecule has 0 amide bonds. The highest BCUT2D eigenvalue weighted by molar-refractivity contribution is 14.1. The van der Waals surface area contributed by atoms with Gasteiger partial charge in [0.15, 0.2) is 0 Å². The third-order valence-corrected chi connectivity index (χ3v) is 6.77. The molecule has 0 atom stereocenters. The Morgan fingerprint density at radius 1 is 0.731 bits per heavy atom. The number of halogens is 1. The highest BCUT2D eigenvalue weighted by atomic mass is 127. The molecule has 0 bridgehead atoms. The SMILES string of the molecule is O=C(O)CCCI.c1ccc(P(c2ccccc2)c2ccccc2)cc1. The van der Waals surface area contributed by atoms with Crippen molar-refractivity contribution in [2.24, 2.45) is 0 Å². The smallest absolute Gasteiger partial charge is 0.303 e. The second-order valence-electron chi connectivity index (χ2n) is 5.53. The highest BCUT2D eigenvalue weighted by Crippen LogP contribution is 2.32. The Kier molecular flexibility index (Phi) is 9.36. The average Bonchev–Trinajstić information content (AvgIpc) is 2.70. The number of benzene rings is 3. The van der Waals surface area contributed by atoms with Crippen LogP contribution in [0.2, 0.25) is 0 Å². The van der Waals surface area contributed by atoms with E-state index < -0.39 is 13.9 Å². The van der Waals surface area contributed by atoms with Crippen molar-refractivity contribution in [1.29, 1.82) is 0 Å². The minimum atomic E-state index is -0.698. The van der Waals surface area contributed by atoms with Gasteiger partial charge in [-0.2, -0.15) is 0 Å². The maximum Gasteiger partial charge on any atom is 0.303 e. The molecule has 3 aromatic rings. The van der Waals surface area contributed by atoms with E-state index >= 15 is 0 Å². The summed E-state index contributed by atoms with van der Waals surface area (Å²) in [5.74, 6) is -0.698. The summed E-state index contributed by atoms with van der Waals surface area (Å²) in [6.45, 7) is 0. The molecule has 0 spiro atoms. The molecule has 0 aliphatic rings. The Morgan fingerprint density at radius 3 is 1.31 bits per heavy atom. The Balaban J connectivity index is 0.000000298. The zero-order valence-corrected chi connectivity index (χ0v) is 17.5. The van der Waals surface area contributed by atoms with Crippen LogP contribution in [0.4, 0.5) is 0 Å². The molecule has 26 heavy (non-hydrogen) atoms. The van der Waals surface area contributed by atoms with Crippen LogP contribution in [0, 0.1) is 0 Å². The fourth-order valence-corrected chi connectivity index (χ4v) is 5.08. The molecule has 0 heterocycles. The van der Waals surface area contributed by atoms with Crippen molar-refractivity contribution in [3.8, 4) is 0 Å². The van der Waals surface area contributed by atoms with Crippen LogP contribution in [-0.2, 0) is 4.79 Å². The van der Waals surface area contributed by atoms with Crippen molar-refractivity contribution in [2.45, 2.75) is 12.8 Å². The molecule has 0 saturated heterocycles.